The molecule has 3 N–H and O–H groups in total. The Morgan fingerprint density at radius 2 is 2.28 bits per heavy atom. The van der Waals surface area contributed by atoms with Gasteiger partial charge in [0.15, 0.2) is 11.5 Å². The molecule has 0 unspecified atom stereocenters. The Hall–Kier alpha value is -1.88. The summed E-state index contributed by atoms with van der Waals surface area (Å²) < 4.78 is 10.7. The Balaban J connectivity index is 2.27. The zero-order valence-corrected chi connectivity index (χ0v) is 10.5. The Kier molecular flexibility index (Phi) is 2.56. The molecule has 0 atom stereocenters. The quantitative estimate of drug-likeness (QED) is 0.875. The highest BCUT2D eigenvalue weighted by Gasteiger charge is 2.24. The SMILES string of the molecule is CCc1c(-c2cn[nH]c2N)cc2c(c1Cl)OCO2. The second-order valence-electron chi connectivity index (χ2n) is 4.00. The highest BCUT2D eigenvalue weighted by molar-refractivity contribution is 6.33. The Morgan fingerprint density at radius 1 is 1.44 bits per heavy atom. The number of nitrogens with two attached hydrogens (primary N) is 1. The lowest BCUT2D eigenvalue weighted by atomic mass is 9.99. The molecule has 0 amide bonds. The Labute approximate surface area is 109 Å². The number of H-pyrrole nitrogens is 1. The van der Waals surface area contributed by atoms with Gasteiger partial charge in [-0.05, 0) is 23.6 Å². The third-order valence-electron chi connectivity index (χ3n) is 3.02. The predicted molar refractivity (Wildman–Crippen MR) is 68.9 cm³/mol. The third kappa shape index (κ3) is 1.51. The number of aromatic amines is 1. The van der Waals surface area contributed by atoms with Crippen molar-refractivity contribution in [2.45, 2.75) is 13.3 Å². The summed E-state index contributed by atoms with van der Waals surface area (Å²) >= 11 is 6.35. The van der Waals surface area contributed by atoms with Crippen LogP contribution >= 0.6 is 11.6 Å². The van der Waals surface area contributed by atoms with Gasteiger partial charge < -0.3 is 15.2 Å². The highest BCUT2D eigenvalue weighted by Crippen LogP contribution is 2.46. The number of hydrogen-bond acceptors (Lipinski definition) is 4. The van der Waals surface area contributed by atoms with Gasteiger partial charge in [-0.25, -0.2) is 0 Å². The molecule has 0 saturated heterocycles. The van der Waals surface area contributed by atoms with E-state index in [1.165, 1.54) is 0 Å². The lowest BCUT2D eigenvalue weighted by Gasteiger charge is -2.11. The molecule has 0 bridgehead atoms. The fraction of sp³-hybridized carbons (Fsp3) is 0.250. The molecule has 2 heterocycles. The van der Waals surface area contributed by atoms with Crippen LogP contribution in [0.15, 0.2) is 12.3 Å². The van der Waals surface area contributed by atoms with E-state index in [0.717, 1.165) is 23.1 Å². The molecular weight excluding hydrogens is 254 g/mol. The zero-order valence-electron chi connectivity index (χ0n) is 9.79. The number of nitrogens with one attached hydrogen (secondary N) is 1. The number of hydrogen-bond donors (Lipinski definition) is 2. The maximum Gasteiger partial charge on any atom is 0.231 e. The maximum absolute atomic E-state index is 6.35. The van der Waals surface area contributed by atoms with Crippen molar-refractivity contribution in [3.63, 3.8) is 0 Å². The summed E-state index contributed by atoms with van der Waals surface area (Å²) in [6, 6.07) is 1.90. The van der Waals surface area contributed by atoms with Gasteiger partial charge in [0, 0.05) is 5.56 Å². The number of anilines is 1. The molecule has 3 rings (SSSR count). The van der Waals surface area contributed by atoms with E-state index < -0.39 is 0 Å². The van der Waals surface area contributed by atoms with Crippen LogP contribution in [-0.4, -0.2) is 17.0 Å². The van der Waals surface area contributed by atoms with Gasteiger partial charge in [0.1, 0.15) is 5.82 Å². The van der Waals surface area contributed by atoms with E-state index in [0.29, 0.717) is 22.3 Å². The van der Waals surface area contributed by atoms with Gasteiger partial charge in [0.05, 0.1) is 11.2 Å². The van der Waals surface area contributed by atoms with Crippen LogP contribution in [0.3, 0.4) is 0 Å². The van der Waals surface area contributed by atoms with E-state index in [1.54, 1.807) is 6.20 Å². The number of ether oxygens (including phenoxy) is 2. The molecule has 0 spiro atoms. The number of nitrogen functional groups attached to an aromatic ring is 1. The maximum atomic E-state index is 6.35. The second kappa shape index (κ2) is 4.10. The van der Waals surface area contributed by atoms with E-state index >= 15 is 0 Å². The standard InChI is InChI=1S/C12H12ClN3O2/c1-2-6-7(8-4-15-16-12(8)14)3-9-11(10(6)13)18-5-17-9/h3-4H,2,5H2,1H3,(H3,14,15,16). The van der Waals surface area contributed by atoms with Gasteiger partial charge in [-0.1, -0.05) is 18.5 Å². The molecule has 1 aliphatic heterocycles. The largest absolute Gasteiger partial charge is 0.454 e. The minimum Gasteiger partial charge on any atom is -0.454 e. The fourth-order valence-corrected chi connectivity index (χ4v) is 2.52. The van der Waals surface area contributed by atoms with Crippen molar-refractivity contribution in [2.24, 2.45) is 0 Å². The van der Waals surface area contributed by atoms with Crippen LogP contribution < -0.4 is 15.2 Å². The summed E-state index contributed by atoms with van der Waals surface area (Å²) in [6.07, 6.45) is 2.46. The van der Waals surface area contributed by atoms with Gasteiger partial charge in [0.25, 0.3) is 0 Å². The van der Waals surface area contributed by atoms with Crippen LogP contribution in [0.1, 0.15) is 12.5 Å². The molecule has 0 fully saturated rings. The minimum absolute atomic E-state index is 0.197. The molecule has 94 valence electrons. The van der Waals surface area contributed by atoms with Crippen LogP contribution in [0.5, 0.6) is 11.5 Å². The van der Waals surface area contributed by atoms with Crippen molar-refractivity contribution in [3.05, 3.63) is 22.8 Å². The number of rotatable bonds is 2. The van der Waals surface area contributed by atoms with Gasteiger partial charge in [-0.2, -0.15) is 5.10 Å². The Bertz CT molecular complexity index is 610. The molecule has 0 radical (unpaired) electrons. The first-order chi connectivity index (χ1) is 8.72. The monoisotopic (exact) mass is 265 g/mol. The summed E-state index contributed by atoms with van der Waals surface area (Å²) in [5.41, 5.74) is 8.59. The van der Waals surface area contributed by atoms with Crippen LogP contribution in [0.4, 0.5) is 5.82 Å². The zero-order chi connectivity index (χ0) is 12.7. The van der Waals surface area contributed by atoms with Gasteiger partial charge in [-0.15, -0.1) is 0 Å². The first-order valence-corrected chi connectivity index (χ1v) is 6.00. The summed E-state index contributed by atoms with van der Waals surface area (Å²) in [4.78, 5) is 0. The lowest BCUT2D eigenvalue weighted by molar-refractivity contribution is 0.174. The van der Waals surface area contributed by atoms with Crippen molar-refractivity contribution < 1.29 is 9.47 Å². The van der Waals surface area contributed by atoms with E-state index in [2.05, 4.69) is 10.2 Å². The summed E-state index contributed by atoms with van der Waals surface area (Å²) in [5.74, 6) is 1.77. The van der Waals surface area contributed by atoms with Crippen molar-refractivity contribution in [1.82, 2.24) is 10.2 Å². The Morgan fingerprint density at radius 3 is 2.94 bits per heavy atom. The first kappa shape index (κ1) is 11.2. The number of halogens is 1. The van der Waals surface area contributed by atoms with Gasteiger partial charge in [0.2, 0.25) is 6.79 Å². The summed E-state index contributed by atoms with van der Waals surface area (Å²) in [7, 11) is 0. The van der Waals surface area contributed by atoms with Crippen LogP contribution in [0.2, 0.25) is 5.02 Å². The third-order valence-corrected chi connectivity index (χ3v) is 3.42. The first-order valence-electron chi connectivity index (χ1n) is 5.62. The molecule has 5 nitrogen and oxygen atoms in total. The molecule has 2 aromatic rings. The second-order valence-corrected chi connectivity index (χ2v) is 4.38. The van der Waals surface area contributed by atoms with Crippen LogP contribution in [0.25, 0.3) is 11.1 Å². The highest BCUT2D eigenvalue weighted by atomic mass is 35.5. The fourth-order valence-electron chi connectivity index (χ4n) is 2.14. The van der Waals surface area contributed by atoms with Crippen molar-refractivity contribution in [1.29, 1.82) is 0 Å². The summed E-state index contributed by atoms with van der Waals surface area (Å²) in [5, 5.41) is 7.24. The van der Waals surface area contributed by atoms with Crippen molar-refractivity contribution >= 4 is 17.4 Å². The number of benzene rings is 1. The van der Waals surface area contributed by atoms with Crippen molar-refractivity contribution in [2.75, 3.05) is 12.5 Å². The molecule has 1 aliphatic rings. The van der Waals surface area contributed by atoms with E-state index in [4.69, 9.17) is 26.8 Å². The molecule has 6 heteroatoms. The molecule has 0 saturated carbocycles. The lowest BCUT2D eigenvalue weighted by Crippen LogP contribution is -1.94. The average molecular weight is 266 g/mol. The molecule has 1 aromatic carbocycles. The van der Waals surface area contributed by atoms with E-state index in [-0.39, 0.29) is 6.79 Å². The minimum atomic E-state index is 0.197. The van der Waals surface area contributed by atoms with Gasteiger partial charge in [-0.3, -0.25) is 5.10 Å². The topological polar surface area (TPSA) is 73.2 Å². The molecule has 1 aromatic heterocycles. The molecular formula is C12H12ClN3O2. The normalized spacial score (nSPS) is 13.0. The number of nitrogens with zero attached hydrogens (tertiary/aromatic N) is 1. The van der Waals surface area contributed by atoms with Crippen LogP contribution in [0, 0.1) is 0 Å². The van der Waals surface area contributed by atoms with Gasteiger partial charge >= 0.3 is 0 Å². The number of aromatic nitrogens is 2. The summed E-state index contributed by atoms with van der Waals surface area (Å²) in [6.45, 7) is 2.23. The van der Waals surface area contributed by atoms with E-state index in [9.17, 15) is 0 Å². The smallest absolute Gasteiger partial charge is 0.231 e. The number of fused-ring (bicyclic) bond motifs is 1. The molecule has 18 heavy (non-hydrogen) atoms. The average Bonchev–Trinajstić information content (AvgIpc) is 2.97. The van der Waals surface area contributed by atoms with Crippen LogP contribution in [-0.2, 0) is 6.42 Å². The molecule has 0 aliphatic carbocycles. The van der Waals surface area contributed by atoms with Crippen molar-refractivity contribution in [3.8, 4) is 22.6 Å². The predicted octanol–water partition coefficient (Wildman–Crippen LogP) is 2.60. The van der Waals surface area contributed by atoms with E-state index in [1.807, 2.05) is 13.0 Å².